The summed E-state index contributed by atoms with van der Waals surface area (Å²) < 4.78 is 6.32. The summed E-state index contributed by atoms with van der Waals surface area (Å²) in [6, 6.07) is 9.51. The second-order valence-electron chi connectivity index (χ2n) is 5.34. The van der Waals surface area contributed by atoms with Gasteiger partial charge in [0.1, 0.15) is 5.58 Å². The summed E-state index contributed by atoms with van der Waals surface area (Å²) >= 11 is 0. The minimum Gasteiger partial charge on any atom is -0.453 e. The fourth-order valence-corrected chi connectivity index (χ4v) is 1.68. The number of hydrogen-bond acceptors (Lipinski definition) is 2. The molecule has 90 valence electrons. The highest BCUT2D eigenvalue weighted by atomic mass is 16.3. The molecular weight excluding hydrogens is 214 g/mol. The first-order valence-corrected chi connectivity index (χ1v) is 5.78. The van der Waals surface area contributed by atoms with E-state index < -0.39 is 0 Å². The SMILES string of the molecule is C[N+](C)(C)CCC(=O)c1cc2ccccc2o1. The van der Waals surface area contributed by atoms with E-state index in [9.17, 15) is 4.79 Å². The van der Waals surface area contributed by atoms with Crippen LogP contribution >= 0.6 is 0 Å². The third kappa shape index (κ3) is 2.94. The molecule has 0 unspecified atom stereocenters. The number of ketones is 1. The maximum absolute atomic E-state index is 12.0. The summed E-state index contributed by atoms with van der Waals surface area (Å²) in [6.07, 6.45) is 0.517. The van der Waals surface area contributed by atoms with E-state index in [1.165, 1.54) is 0 Å². The fourth-order valence-electron chi connectivity index (χ4n) is 1.68. The van der Waals surface area contributed by atoms with Crippen molar-refractivity contribution in [3.63, 3.8) is 0 Å². The van der Waals surface area contributed by atoms with E-state index in [-0.39, 0.29) is 5.78 Å². The van der Waals surface area contributed by atoms with Gasteiger partial charge in [-0.15, -0.1) is 0 Å². The summed E-state index contributed by atoms with van der Waals surface area (Å²) in [5, 5.41) is 0.987. The highest BCUT2D eigenvalue weighted by Gasteiger charge is 2.16. The van der Waals surface area contributed by atoms with Gasteiger partial charge in [0.25, 0.3) is 0 Å². The molecule has 1 aromatic heterocycles. The quantitative estimate of drug-likeness (QED) is 0.599. The number of carbonyl (C=O) groups excluding carboxylic acids is 1. The van der Waals surface area contributed by atoms with Gasteiger partial charge in [0.05, 0.1) is 34.1 Å². The van der Waals surface area contributed by atoms with Crippen molar-refractivity contribution in [2.45, 2.75) is 6.42 Å². The van der Waals surface area contributed by atoms with Crippen LogP contribution in [0.1, 0.15) is 17.0 Å². The van der Waals surface area contributed by atoms with Gasteiger partial charge in [0.15, 0.2) is 5.76 Å². The molecule has 0 bridgehead atoms. The van der Waals surface area contributed by atoms with Gasteiger partial charge in [-0.05, 0) is 12.1 Å². The van der Waals surface area contributed by atoms with Crippen molar-refractivity contribution in [2.24, 2.45) is 0 Å². The molecular formula is C14H18NO2+. The smallest absolute Gasteiger partial charge is 0.203 e. The molecule has 3 nitrogen and oxygen atoms in total. The molecule has 2 rings (SSSR count). The number of nitrogens with zero attached hydrogens (tertiary/aromatic N) is 1. The first kappa shape index (κ1) is 11.9. The van der Waals surface area contributed by atoms with E-state index in [0.29, 0.717) is 12.2 Å². The highest BCUT2D eigenvalue weighted by Crippen LogP contribution is 2.19. The Kier molecular flexibility index (Phi) is 3.03. The molecule has 0 N–H and O–H groups in total. The summed E-state index contributed by atoms with van der Waals surface area (Å²) in [5.41, 5.74) is 0.779. The largest absolute Gasteiger partial charge is 0.453 e. The third-order valence-corrected chi connectivity index (χ3v) is 2.71. The van der Waals surface area contributed by atoms with Crippen LogP contribution in [0.3, 0.4) is 0 Å². The Balaban J connectivity index is 2.14. The molecule has 0 radical (unpaired) electrons. The lowest BCUT2D eigenvalue weighted by Gasteiger charge is -2.22. The molecule has 17 heavy (non-hydrogen) atoms. The number of benzene rings is 1. The van der Waals surface area contributed by atoms with Crippen LogP contribution in [-0.2, 0) is 0 Å². The molecule has 1 aromatic carbocycles. The number of para-hydroxylation sites is 1. The molecule has 0 spiro atoms. The topological polar surface area (TPSA) is 30.2 Å². The third-order valence-electron chi connectivity index (χ3n) is 2.71. The van der Waals surface area contributed by atoms with Gasteiger partial charge in [-0.2, -0.15) is 0 Å². The molecule has 0 aliphatic heterocycles. The van der Waals surface area contributed by atoms with Crippen molar-refractivity contribution < 1.29 is 13.7 Å². The van der Waals surface area contributed by atoms with Crippen LogP contribution in [0.4, 0.5) is 0 Å². The molecule has 1 heterocycles. The second kappa shape index (κ2) is 4.34. The standard InChI is InChI=1S/C14H18NO2/c1-15(2,3)9-8-12(16)14-10-11-6-4-5-7-13(11)17-14/h4-7,10H,8-9H2,1-3H3/q+1. The van der Waals surface area contributed by atoms with Crippen molar-refractivity contribution in [1.29, 1.82) is 0 Å². The lowest BCUT2D eigenvalue weighted by Crippen LogP contribution is -2.36. The van der Waals surface area contributed by atoms with Gasteiger partial charge in [0, 0.05) is 5.39 Å². The summed E-state index contributed by atoms with van der Waals surface area (Å²) in [6.45, 7) is 0.815. The molecule has 0 fully saturated rings. The van der Waals surface area contributed by atoms with Crippen LogP contribution in [0.25, 0.3) is 11.0 Å². The van der Waals surface area contributed by atoms with Crippen LogP contribution in [0.5, 0.6) is 0 Å². The van der Waals surface area contributed by atoms with Crippen molar-refractivity contribution in [2.75, 3.05) is 27.7 Å². The molecule has 0 amide bonds. The first-order chi connectivity index (χ1) is 7.96. The lowest BCUT2D eigenvalue weighted by molar-refractivity contribution is -0.869. The van der Waals surface area contributed by atoms with E-state index in [4.69, 9.17) is 4.42 Å². The van der Waals surface area contributed by atoms with Gasteiger partial charge in [-0.25, -0.2) is 0 Å². The maximum atomic E-state index is 12.0. The number of rotatable bonds is 4. The van der Waals surface area contributed by atoms with Gasteiger partial charge < -0.3 is 8.90 Å². The van der Waals surface area contributed by atoms with E-state index in [1.807, 2.05) is 30.3 Å². The molecule has 0 atom stereocenters. The fraction of sp³-hybridized carbons (Fsp3) is 0.357. The summed E-state index contributed by atoms with van der Waals surface area (Å²) in [5.74, 6) is 0.550. The predicted molar refractivity (Wildman–Crippen MR) is 68.1 cm³/mol. The summed E-state index contributed by atoms with van der Waals surface area (Å²) in [4.78, 5) is 12.0. The zero-order valence-corrected chi connectivity index (χ0v) is 10.6. The van der Waals surface area contributed by atoms with E-state index >= 15 is 0 Å². The number of Topliss-reactive ketones (excluding diaryl/α,β-unsaturated/α-hetero) is 1. The molecule has 0 aliphatic carbocycles. The molecule has 0 aliphatic rings. The Morgan fingerprint density at radius 1 is 1.24 bits per heavy atom. The number of fused-ring (bicyclic) bond motifs is 1. The molecule has 0 saturated heterocycles. The minimum absolute atomic E-state index is 0.0780. The average molecular weight is 232 g/mol. The Hall–Kier alpha value is -1.61. The van der Waals surface area contributed by atoms with Crippen molar-refractivity contribution in [3.05, 3.63) is 36.1 Å². The molecule has 0 saturated carbocycles. The Morgan fingerprint density at radius 2 is 1.94 bits per heavy atom. The number of furan rings is 1. The minimum atomic E-state index is 0.0780. The van der Waals surface area contributed by atoms with E-state index in [0.717, 1.165) is 22.0 Å². The van der Waals surface area contributed by atoms with Gasteiger partial charge >= 0.3 is 0 Å². The van der Waals surface area contributed by atoms with Crippen LogP contribution < -0.4 is 0 Å². The second-order valence-corrected chi connectivity index (χ2v) is 5.34. The lowest BCUT2D eigenvalue weighted by atomic mass is 10.2. The molecule has 3 heteroatoms. The average Bonchev–Trinajstić information content (AvgIpc) is 2.68. The van der Waals surface area contributed by atoms with Gasteiger partial charge in [-0.3, -0.25) is 4.79 Å². The Morgan fingerprint density at radius 3 is 2.59 bits per heavy atom. The summed E-state index contributed by atoms with van der Waals surface area (Å²) in [7, 11) is 6.23. The zero-order chi connectivity index (χ0) is 12.5. The highest BCUT2D eigenvalue weighted by molar-refractivity contribution is 5.97. The van der Waals surface area contributed by atoms with Crippen LogP contribution in [0.15, 0.2) is 34.7 Å². The predicted octanol–water partition coefficient (Wildman–Crippen LogP) is 2.71. The van der Waals surface area contributed by atoms with Crippen LogP contribution in [0, 0.1) is 0 Å². The van der Waals surface area contributed by atoms with Crippen molar-refractivity contribution in [1.82, 2.24) is 0 Å². The van der Waals surface area contributed by atoms with Gasteiger partial charge in [-0.1, -0.05) is 18.2 Å². The number of carbonyl (C=O) groups is 1. The Bertz CT molecular complexity index is 501. The van der Waals surface area contributed by atoms with Crippen molar-refractivity contribution >= 4 is 16.8 Å². The molecule has 2 aromatic rings. The maximum Gasteiger partial charge on any atom is 0.203 e. The monoisotopic (exact) mass is 232 g/mol. The Labute approximate surface area is 101 Å². The van der Waals surface area contributed by atoms with Crippen molar-refractivity contribution in [3.8, 4) is 0 Å². The normalized spacial score (nSPS) is 11.9. The number of quaternary nitrogens is 1. The van der Waals surface area contributed by atoms with E-state index in [2.05, 4.69) is 21.1 Å². The number of hydrogen-bond donors (Lipinski definition) is 0. The van der Waals surface area contributed by atoms with Crippen LogP contribution in [-0.4, -0.2) is 38.0 Å². The van der Waals surface area contributed by atoms with Gasteiger partial charge in [0.2, 0.25) is 5.78 Å². The first-order valence-electron chi connectivity index (χ1n) is 5.78. The zero-order valence-electron chi connectivity index (χ0n) is 10.6. The van der Waals surface area contributed by atoms with E-state index in [1.54, 1.807) is 0 Å². The van der Waals surface area contributed by atoms with Crippen LogP contribution in [0.2, 0.25) is 0 Å².